The fourth-order valence-corrected chi connectivity index (χ4v) is 3.45. The first-order chi connectivity index (χ1) is 14.2. The third-order valence-electron chi connectivity index (χ3n) is 4.89. The summed E-state index contributed by atoms with van der Waals surface area (Å²) >= 11 is 0. The fraction of sp³-hybridized carbons (Fsp3) is 0.409. The molecule has 3 rings (SSSR count). The second-order valence-corrected chi connectivity index (χ2v) is 6.99. The lowest BCUT2D eigenvalue weighted by atomic mass is 10.1. The number of nitrogens with one attached hydrogen (secondary N) is 1. The monoisotopic (exact) mass is 403 g/mol. The van der Waals surface area contributed by atoms with Crippen LogP contribution in [0.3, 0.4) is 0 Å². The summed E-state index contributed by atoms with van der Waals surface area (Å²) in [5.74, 6) is 1.37. The molecular formula is C22H27F2N3O2. The van der Waals surface area contributed by atoms with Crippen molar-refractivity contribution >= 4 is 5.96 Å². The van der Waals surface area contributed by atoms with Gasteiger partial charge in [0.25, 0.3) is 0 Å². The maximum absolute atomic E-state index is 12.6. The van der Waals surface area contributed by atoms with Gasteiger partial charge in [-0.1, -0.05) is 48.5 Å². The molecule has 1 heterocycles. The first-order valence-electron chi connectivity index (χ1n) is 9.75. The van der Waals surface area contributed by atoms with Crippen LogP contribution >= 0.6 is 0 Å². The number of para-hydroxylation sites is 1. The van der Waals surface area contributed by atoms with Gasteiger partial charge in [-0.2, -0.15) is 8.78 Å². The first kappa shape index (κ1) is 21.0. The van der Waals surface area contributed by atoms with E-state index in [1.165, 1.54) is 5.56 Å². The molecule has 1 saturated heterocycles. The minimum atomic E-state index is -2.84. The zero-order valence-corrected chi connectivity index (χ0v) is 16.6. The molecule has 1 N–H and O–H groups in total. The number of rotatable bonds is 8. The minimum absolute atomic E-state index is 0.180. The quantitative estimate of drug-likeness (QED) is 0.536. The number of hydrogen-bond acceptors (Lipinski definition) is 3. The normalized spacial score (nSPS) is 17.0. The van der Waals surface area contributed by atoms with E-state index < -0.39 is 6.61 Å². The molecule has 0 bridgehead atoms. The standard InChI is InChI=1S/C22H27F2N3O2/c1-25-22(26-13-19-9-5-6-10-20(19)29-21(23)24)27-12-11-18(14-27)16-28-15-17-7-3-2-4-8-17/h2-10,18,21H,11-16H2,1H3,(H,25,26). The number of ether oxygens (including phenoxy) is 2. The molecule has 1 unspecified atom stereocenters. The third kappa shape index (κ3) is 6.42. The van der Waals surface area contributed by atoms with Gasteiger partial charge in [-0.3, -0.25) is 4.99 Å². The number of aliphatic imine (C=N–C) groups is 1. The Labute approximate surface area is 170 Å². The van der Waals surface area contributed by atoms with Gasteiger partial charge in [0.15, 0.2) is 5.96 Å². The second-order valence-electron chi connectivity index (χ2n) is 6.99. The Kier molecular flexibility index (Phi) is 7.81. The largest absolute Gasteiger partial charge is 0.434 e. The van der Waals surface area contributed by atoms with E-state index in [0.29, 0.717) is 31.2 Å². The van der Waals surface area contributed by atoms with Crippen molar-refractivity contribution in [3.8, 4) is 5.75 Å². The maximum atomic E-state index is 12.6. The van der Waals surface area contributed by atoms with Crippen LogP contribution in [-0.4, -0.2) is 44.2 Å². The number of benzene rings is 2. The van der Waals surface area contributed by atoms with Crippen molar-refractivity contribution in [3.63, 3.8) is 0 Å². The van der Waals surface area contributed by atoms with E-state index in [1.807, 2.05) is 18.2 Å². The zero-order chi connectivity index (χ0) is 20.5. The zero-order valence-electron chi connectivity index (χ0n) is 16.6. The number of guanidine groups is 1. The second kappa shape index (κ2) is 10.8. The van der Waals surface area contributed by atoms with Crippen LogP contribution < -0.4 is 10.1 Å². The molecule has 0 aromatic heterocycles. The summed E-state index contributed by atoms with van der Waals surface area (Å²) in [5.41, 5.74) is 1.83. The van der Waals surface area contributed by atoms with Crippen molar-refractivity contribution in [2.45, 2.75) is 26.2 Å². The van der Waals surface area contributed by atoms with E-state index in [9.17, 15) is 8.78 Å². The topological polar surface area (TPSA) is 46.1 Å². The van der Waals surface area contributed by atoms with Crippen LogP contribution in [0.1, 0.15) is 17.5 Å². The van der Waals surface area contributed by atoms with Crippen LogP contribution in [0.25, 0.3) is 0 Å². The van der Waals surface area contributed by atoms with E-state index in [0.717, 1.165) is 25.5 Å². The first-order valence-corrected chi connectivity index (χ1v) is 9.75. The van der Waals surface area contributed by atoms with Gasteiger partial charge in [-0.15, -0.1) is 0 Å². The van der Waals surface area contributed by atoms with Gasteiger partial charge in [0.05, 0.1) is 13.2 Å². The molecule has 1 aliphatic rings. The Hall–Kier alpha value is -2.67. The van der Waals surface area contributed by atoms with Gasteiger partial charge >= 0.3 is 6.61 Å². The molecule has 0 amide bonds. The smallest absolute Gasteiger partial charge is 0.387 e. The molecule has 0 saturated carbocycles. The molecule has 7 heteroatoms. The summed E-state index contributed by atoms with van der Waals surface area (Å²) < 4.78 is 35.6. The number of alkyl halides is 2. The summed E-state index contributed by atoms with van der Waals surface area (Å²) in [6.45, 7) is 0.573. The predicted molar refractivity (Wildman–Crippen MR) is 109 cm³/mol. The third-order valence-corrected chi connectivity index (χ3v) is 4.89. The van der Waals surface area contributed by atoms with Crippen LogP contribution in [-0.2, 0) is 17.9 Å². The van der Waals surface area contributed by atoms with Crippen LogP contribution in [0.2, 0.25) is 0 Å². The molecule has 0 aliphatic carbocycles. The molecule has 5 nitrogen and oxygen atoms in total. The Bertz CT molecular complexity index is 787. The number of halogens is 2. The molecule has 29 heavy (non-hydrogen) atoms. The van der Waals surface area contributed by atoms with Gasteiger partial charge in [0.2, 0.25) is 0 Å². The summed E-state index contributed by atoms with van der Waals surface area (Å²) in [6, 6.07) is 16.9. The highest BCUT2D eigenvalue weighted by molar-refractivity contribution is 5.80. The Balaban J connectivity index is 1.46. The van der Waals surface area contributed by atoms with Gasteiger partial charge in [-0.25, -0.2) is 0 Å². The van der Waals surface area contributed by atoms with E-state index in [2.05, 4.69) is 32.1 Å². The number of hydrogen-bond donors (Lipinski definition) is 1. The average molecular weight is 403 g/mol. The Morgan fingerprint density at radius 1 is 1.17 bits per heavy atom. The highest BCUT2D eigenvalue weighted by atomic mass is 19.3. The molecule has 2 aromatic rings. The van der Waals surface area contributed by atoms with Crippen LogP contribution in [0, 0.1) is 5.92 Å². The minimum Gasteiger partial charge on any atom is -0.434 e. The van der Waals surface area contributed by atoms with Crippen LogP contribution in [0.5, 0.6) is 5.75 Å². The van der Waals surface area contributed by atoms with Crippen molar-refractivity contribution in [3.05, 3.63) is 65.7 Å². The lowest BCUT2D eigenvalue weighted by Crippen LogP contribution is -2.40. The van der Waals surface area contributed by atoms with E-state index in [1.54, 1.807) is 31.3 Å². The van der Waals surface area contributed by atoms with E-state index in [-0.39, 0.29) is 5.75 Å². The van der Waals surface area contributed by atoms with Crippen molar-refractivity contribution in [2.24, 2.45) is 10.9 Å². The molecule has 1 atom stereocenters. The Morgan fingerprint density at radius 2 is 1.93 bits per heavy atom. The lowest BCUT2D eigenvalue weighted by Gasteiger charge is -2.22. The van der Waals surface area contributed by atoms with Gasteiger partial charge < -0.3 is 19.7 Å². The predicted octanol–water partition coefficient (Wildman–Crippen LogP) is 3.90. The van der Waals surface area contributed by atoms with Crippen molar-refractivity contribution in [2.75, 3.05) is 26.7 Å². The SMILES string of the molecule is CN=C(NCc1ccccc1OC(F)F)N1CCC(COCc2ccccc2)C1. The fourth-order valence-electron chi connectivity index (χ4n) is 3.45. The van der Waals surface area contributed by atoms with Gasteiger partial charge in [0, 0.05) is 38.2 Å². The average Bonchev–Trinajstić information content (AvgIpc) is 3.19. The number of nitrogens with zero attached hydrogens (tertiary/aromatic N) is 2. The molecular weight excluding hydrogens is 376 g/mol. The van der Waals surface area contributed by atoms with Crippen LogP contribution in [0.4, 0.5) is 8.78 Å². The molecule has 2 aromatic carbocycles. The Morgan fingerprint density at radius 3 is 2.69 bits per heavy atom. The summed E-state index contributed by atoms with van der Waals surface area (Å²) in [5, 5.41) is 3.25. The number of likely N-dealkylation sites (tertiary alicyclic amines) is 1. The molecule has 0 radical (unpaired) electrons. The van der Waals surface area contributed by atoms with Gasteiger partial charge in [0.1, 0.15) is 5.75 Å². The molecule has 1 aliphatic heterocycles. The molecule has 1 fully saturated rings. The van der Waals surface area contributed by atoms with Crippen molar-refractivity contribution in [1.29, 1.82) is 0 Å². The van der Waals surface area contributed by atoms with Crippen molar-refractivity contribution in [1.82, 2.24) is 10.2 Å². The highest BCUT2D eigenvalue weighted by Gasteiger charge is 2.25. The summed E-state index contributed by atoms with van der Waals surface area (Å²) in [4.78, 5) is 6.51. The highest BCUT2D eigenvalue weighted by Crippen LogP contribution is 2.21. The summed E-state index contributed by atoms with van der Waals surface area (Å²) in [7, 11) is 1.73. The lowest BCUT2D eigenvalue weighted by molar-refractivity contribution is -0.0504. The summed E-state index contributed by atoms with van der Waals surface area (Å²) in [6.07, 6.45) is 1.03. The van der Waals surface area contributed by atoms with Crippen molar-refractivity contribution < 1.29 is 18.3 Å². The van der Waals surface area contributed by atoms with Gasteiger partial charge in [-0.05, 0) is 18.1 Å². The van der Waals surface area contributed by atoms with E-state index in [4.69, 9.17) is 4.74 Å². The van der Waals surface area contributed by atoms with E-state index >= 15 is 0 Å². The molecule has 0 spiro atoms. The van der Waals surface area contributed by atoms with Crippen LogP contribution in [0.15, 0.2) is 59.6 Å². The maximum Gasteiger partial charge on any atom is 0.387 e. The molecule has 156 valence electrons.